The van der Waals surface area contributed by atoms with Crippen LogP contribution in [0.4, 0.5) is 0 Å². The zero-order valence-corrected chi connectivity index (χ0v) is 10.9. The second kappa shape index (κ2) is 5.78. The Balaban J connectivity index is 2.86. The van der Waals surface area contributed by atoms with E-state index in [-0.39, 0.29) is 17.5 Å². The standard InChI is InChI=1S/C13H26N2O/c1-4-13(10(2)16,15-11(3)14)12-8-6-5-7-9-12/h11-12,15H,4-9,14H2,1-3H3. The smallest absolute Gasteiger partial charge is 0.150 e. The van der Waals surface area contributed by atoms with Gasteiger partial charge >= 0.3 is 0 Å². The van der Waals surface area contributed by atoms with Gasteiger partial charge in [0.15, 0.2) is 0 Å². The van der Waals surface area contributed by atoms with Crippen LogP contribution in [0.25, 0.3) is 0 Å². The van der Waals surface area contributed by atoms with Crippen molar-refractivity contribution in [3.8, 4) is 0 Å². The van der Waals surface area contributed by atoms with Crippen molar-refractivity contribution < 1.29 is 4.79 Å². The molecule has 3 nitrogen and oxygen atoms in total. The van der Waals surface area contributed by atoms with Crippen molar-refractivity contribution in [2.75, 3.05) is 0 Å². The number of hydrogen-bond donors (Lipinski definition) is 2. The molecule has 16 heavy (non-hydrogen) atoms. The minimum absolute atomic E-state index is 0.120. The normalized spacial score (nSPS) is 23.8. The predicted molar refractivity (Wildman–Crippen MR) is 67.1 cm³/mol. The summed E-state index contributed by atoms with van der Waals surface area (Å²) in [6, 6.07) is 0. The van der Waals surface area contributed by atoms with Gasteiger partial charge in [-0.25, -0.2) is 0 Å². The number of carbonyl (C=O) groups is 1. The zero-order valence-electron chi connectivity index (χ0n) is 10.9. The highest BCUT2D eigenvalue weighted by Gasteiger charge is 2.41. The lowest BCUT2D eigenvalue weighted by Gasteiger charge is -2.42. The fourth-order valence-electron chi connectivity index (χ4n) is 3.15. The highest BCUT2D eigenvalue weighted by atomic mass is 16.1. The van der Waals surface area contributed by atoms with Crippen LogP contribution in [0.1, 0.15) is 59.3 Å². The summed E-state index contributed by atoms with van der Waals surface area (Å²) in [7, 11) is 0. The van der Waals surface area contributed by atoms with Gasteiger partial charge in [-0.1, -0.05) is 26.2 Å². The van der Waals surface area contributed by atoms with Crippen molar-refractivity contribution >= 4 is 5.78 Å². The Bertz CT molecular complexity index is 234. The number of nitrogens with one attached hydrogen (secondary N) is 1. The molecule has 2 unspecified atom stereocenters. The van der Waals surface area contributed by atoms with Crippen LogP contribution in [0.2, 0.25) is 0 Å². The molecule has 0 aromatic heterocycles. The minimum Gasteiger partial charge on any atom is -0.316 e. The van der Waals surface area contributed by atoms with Gasteiger partial charge in [-0.05, 0) is 39.0 Å². The van der Waals surface area contributed by atoms with E-state index in [4.69, 9.17) is 5.73 Å². The van der Waals surface area contributed by atoms with E-state index in [1.807, 2.05) is 6.92 Å². The number of hydrogen-bond acceptors (Lipinski definition) is 3. The Hall–Kier alpha value is -0.410. The molecule has 0 aromatic rings. The lowest BCUT2D eigenvalue weighted by atomic mass is 9.71. The maximum Gasteiger partial charge on any atom is 0.150 e. The first-order chi connectivity index (χ1) is 7.53. The first kappa shape index (κ1) is 13.7. The SMILES string of the molecule is CCC(NC(C)N)(C(C)=O)C1CCCCC1. The number of nitrogens with two attached hydrogens (primary N) is 1. The molecule has 1 aliphatic carbocycles. The van der Waals surface area contributed by atoms with Crippen molar-refractivity contribution in [3.63, 3.8) is 0 Å². The summed E-state index contributed by atoms with van der Waals surface area (Å²) in [5, 5.41) is 3.34. The summed E-state index contributed by atoms with van der Waals surface area (Å²) in [4.78, 5) is 12.0. The molecule has 0 aliphatic heterocycles. The van der Waals surface area contributed by atoms with Crippen LogP contribution >= 0.6 is 0 Å². The highest BCUT2D eigenvalue weighted by molar-refractivity contribution is 5.86. The molecular formula is C13H26N2O. The largest absolute Gasteiger partial charge is 0.316 e. The van der Waals surface area contributed by atoms with Gasteiger partial charge < -0.3 is 5.73 Å². The van der Waals surface area contributed by atoms with Crippen LogP contribution in [0.3, 0.4) is 0 Å². The average Bonchev–Trinajstić information content (AvgIpc) is 2.26. The number of carbonyl (C=O) groups excluding carboxylic acids is 1. The molecule has 1 aliphatic rings. The molecule has 0 aromatic carbocycles. The van der Waals surface area contributed by atoms with Gasteiger partial charge in [-0.2, -0.15) is 0 Å². The summed E-state index contributed by atoms with van der Waals surface area (Å²) in [6.07, 6.45) is 6.85. The molecule has 0 bridgehead atoms. The van der Waals surface area contributed by atoms with Crippen LogP contribution in [0.15, 0.2) is 0 Å². The molecule has 0 amide bonds. The molecule has 3 N–H and O–H groups in total. The van der Waals surface area contributed by atoms with Gasteiger partial charge in [-0.3, -0.25) is 10.1 Å². The molecule has 1 rings (SSSR count). The highest BCUT2D eigenvalue weighted by Crippen LogP contribution is 2.35. The minimum atomic E-state index is -0.380. The van der Waals surface area contributed by atoms with Crippen LogP contribution < -0.4 is 11.1 Å². The summed E-state index contributed by atoms with van der Waals surface area (Å²) < 4.78 is 0. The van der Waals surface area contributed by atoms with Crippen molar-refractivity contribution in [2.24, 2.45) is 11.7 Å². The van der Waals surface area contributed by atoms with E-state index in [0.29, 0.717) is 5.92 Å². The quantitative estimate of drug-likeness (QED) is 0.707. The molecule has 94 valence electrons. The maximum absolute atomic E-state index is 12.0. The number of Topliss-reactive ketones (excluding diaryl/α,β-unsaturated/α-hetero) is 1. The third-order valence-electron chi connectivity index (χ3n) is 3.97. The molecule has 1 saturated carbocycles. The fourth-order valence-corrected chi connectivity index (χ4v) is 3.15. The first-order valence-electron chi connectivity index (χ1n) is 6.57. The monoisotopic (exact) mass is 226 g/mol. The number of rotatable bonds is 5. The molecule has 0 saturated heterocycles. The van der Waals surface area contributed by atoms with Crippen LogP contribution in [0.5, 0.6) is 0 Å². The fraction of sp³-hybridized carbons (Fsp3) is 0.923. The molecule has 2 atom stereocenters. The summed E-state index contributed by atoms with van der Waals surface area (Å²) >= 11 is 0. The molecule has 0 heterocycles. The van der Waals surface area contributed by atoms with Crippen molar-refractivity contribution in [3.05, 3.63) is 0 Å². The summed E-state index contributed by atoms with van der Waals surface area (Å²) in [5.74, 6) is 0.717. The third kappa shape index (κ3) is 2.83. The van der Waals surface area contributed by atoms with E-state index in [2.05, 4.69) is 12.2 Å². The van der Waals surface area contributed by atoms with Crippen LogP contribution in [-0.4, -0.2) is 17.5 Å². The van der Waals surface area contributed by atoms with Crippen molar-refractivity contribution in [1.29, 1.82) is 0 Å². The van der Waals surface area contributed by atoms with Gasteiger partial charge in [0.05, 0.1) is 11.7 Å². The molecular weight excluding hydrogens is 200 g/mol. The molecule has 3 heteroatoms. The van der Waals surface area contributed by atoms with Crippen LogP contribution in [0, 0.1) is 5.92 Å². The van der Waals surface area contributed by atoms with Gasteiger partial charge in [0, 0.05) is 0 Å². The molecule has 0 radical (unpaired) electrons. The van der Waals surface area contributed by atoms with E-state index in [1.54, 1.807) is 6.92 Å². The first-order valence-corrected chi connectivity index (χ1v) is 6.57. The Labute approximate surface area is 99.2 Å². The molecule has 1 fully saturated rings. The Kier molecular flexibility index (Phi) is 4.93. The Morgan fingerprint density at radius 2 is 2.00 bits per heavy atom. The second-order valence-electron chi connectivity index (χ2n) is 5.15. The van der Waals surface area contributed by atoms with E-state index in [9.17, 15) is 4.79 Å². The second-order valence-corrected chi connectivity index (χ2v) is 5.15. The van der Waals surface area contributed by atoms with Crippen molar-refractivity contribution in [1.82, 2.24) is 5.32 Å². The Morgan fingerprint density at radius 3 is 2.38 bits per heavy atom. The molecule has 0 spiro atoms. The predicted octanol–water partition coefficient (Wildman–Crippen LogP) is 2.20. The van der Waals surface area contributed by atoms with Gasteiger partial charge in [-0.15, -0.1) is 0 Å². The lowest BCUT2D eigenvalue weighted by Crippen LogP contribution is -2.61. The van der Waals surface area contributed by atoms with Crippen molar-refractivity contribution in [2.45, 2.75) is 71.0 Å². The van der Waals surface area contributed by atoms with E-state index >= 15 is 0 Å². The van der Waals surface area contributed by atoms with Gasteiger partial charge in [0.1, 0.15) is 5.78 Å². The maximum atomic E-state index is 12.0. The lowest BCUT2D eigenvalue weighted by molar-refractivity contribution is -0.126. The Morgan fingerprint density at radius 1 is 1.44 bits per heavy atom. The van der Waals surface area contributed by atoms with Gasteiger partial charge in [0.25, 0.3) is 0 Å². The summed E-state index contributed by atoms with van der Waals surface area (Å²) in [5.41, 5.74) is 5.45. The van der Waals surface area contributed by atoms with E-state index in [1.165, 1.54) is 19.3 Å². The zero-order chi connectivity index (χ0) is 12.2. The average molecular weight is 226 g/mol. The number of ketones is 1. The van der Waals surface area contributed by atoms with Gasteiger partial charge in [0.2, 0.25) is 0 Å². The third-order valence-corrected chi connectivity index (χ3v) is 3.97. The van der Waals surface area contributed by atoms with E-state index in [0.717, 1.165) is 19.3 Å². The summed E-state index contributed by atoms with van der Waals surface area (Å²) in [6.45, 7) is 5.70. The topological polar surface area (TPSA) is 55.1 Å². The van der Waals surface area contributed by atoms with Crippen LogP contribution in [-0.2, 0) is 4.79 Å². The van der Waals surface area contributed by atoms with E-state index < -0.39 is 0 Å².